The van der Waals surface area contributed by atoms with E-state index in [0.29, 0.717) is 18.0 Å². The van der Waals surface area contributed by atoms with Gasteiger partial charge in [-0.25, -0.2) is 8.42 Å². The average molecular weight is 417 g/mol. The summed E-state index contributed by atoms with van der Waals surface area (Å²) in [6.45, 7) is 1.80. The summed E-state index contributed by atoms with van der Waals surface area (Å²) in [5.74, 6) is -0.0475. The van der Waals surface area contributed by atoms with Crippen molar-refractivity contribution in [1.82, 2.24) is 0 Å². The van der Waals surface area contributed by atoms with E-state index in [4.69, 9.17) is 27.9 Å². The lowest BCUT2D eigenvalue weighted by atomic mass is 10.3. The van der Waals surface area contributed by atoms with Gasteiger partial charge in [0.05, 0.1) is 34.3 Å². The Kier molecular flexibility index (Phi) is 6.75. The molecule has 140 valence electrons. The number of nitrogens with zero attached hydrogens (tertiary/aromatic N) is 1. The highest BCUT2D eigenvalue weighted by atomic mass is 35.5. The van der Waals surface area contributed by atoms with E-state index in [9.17, 15) is 13.2 Å². The monoisotopic (exact) mass is 416 g/mol. The minimum atomic E-state index is -3.77. The molecule has 1 amide bonds. The molecule has 0 fully saturated rings. The van der Waals surface area contributed by atoms with Gasteiger partial charge >= 0.3 is 0 Å². The number of ether oxygens (including phenoxy) is 1. The van der Waals surface area contributed by atoms with Crippen molar-refractivity contribution >= 4 is 50.5 Å². The van der Waals surface area contributed by atoms with Gasteiger partial charge in [0, 0.05) is 0 Å². The van der Waals surface area contributed by atoms with E-state index in [0.717, 1.165) is 10.6 Å². The highest BCUT2D eigenvalue weighted by Gasteiger charge is 2.24. The zero-order valence-electron chi connectivity index (χ0n) is 14.2. The number of amides is 1. The van der Waals surface area contributed by atoms with Gasteiger partial charge in [-0.3, -0.25) is 9.10 Å². The number of carbonyl (C=O) groups is 1. The van der Waals surface area contributed by atoms with Crippen molar-refractivity contribution in [3.05, 3.63) is 52.5 Å². The fraction of sp³-hybridized carbons (Fsp3) is 0.235. The van der Waals surface area contributed by atoms with Crippen molar-refractivity contribution in [3.8, 4) is 5.75 Å². The molecule has 0 heterocycles. The van der Waals surface area contributed by atoms with Gasteiger partial charge in [0.15, 0.2) is 0 Å². The summed E-state index contributed by atoms with van der Waals surface area (Å²) in [6, 6.07) is 11.5. The zero-order chi connectivity index (χ0) is 19.3. The van der Waals surface area contributed by atoms with E-state index in [-0.39, 0.29) is 15.7 Å². The van der Waals surface area contributed by atoms with Crippen LogP contribution in [0.2, 0.25) is 10.0 Å². The lowest BCUT2D eigenvalue weighted by Gasteiger charge is -2.23. The van der Waals surface area contributed by atoms with Crippen LogP contribution in [-0.4, -0.2) is 33.7 Å². The van der Waals surface area contributed by atoms with Crippen molar-refractivity contribution < 1.29 is 17.9 Å². The SMILES string of the molecule is CCOc1ccccc1NC(=O)CN(c1cccc(Cl)c1Cl)S(C)(=O)=O. The third kappa shape index (κ3) is 5.03. The molecule has 0 saturated heterocycles. The number of sulfonamides is 1. The van der Waals surface area contributed by atoms with Crippen molar-refractivity contribution in [1.29, 1.82) is 0 Å². The van der Waals surface area contributed by atoms with E-state index in [2.05, 4.69) is 5.32 Å². The molecule has 0 aromatic heterocycles. The smallest absolute Gasteiger partial charge is 0.245 e. The predicted octanol–water partition coefficient (Wildman–Crippen LogP) is 3.80. The molecule has 1 N–H and O–H groups in total. The van der Waals surface area contributed by atoms with Gasteiger partial charge in [-0.1, -0.05) is 41.4 Å². The minimum Gasteiger partial charge on any atom is -0.492 e. The molecule has 0 unspecified atom stereocenters. The van der Waals surface area contributed by atoms with Crippen LogP contribution < -0.4 is 14.4 Å². The average Bonchev–Trinajstić information content (AvgIpc) is 2.57. The second-order valence-corrected chi connectivity index (χ2v) is 8.01. The molecule has 9 heteroatoms. The molecule has 2 aromatic carbocycles. The Labute approximate surface area is 162 Å². The molecular weight excluding hydrogens is 399 g/mol. The van der Waals surface area contributed by atoms with Crippen LogP contribution in [0.1, 0.15) is 6.92 Å². The third-order valence-corrected chi connectivity index (χ3v) is 5.28. The molecule has 0 aliphatic heterocycles. The number of para-hydroxylation sites is 2. The van der Waals surface area contributed by atoms with Gasteiger partial charge in [0.2, 0.25) is 15.9 Å². The second-order valence-electron chi connectivity index (χ2n) is 5.32. The standard InChI is InChI=1S/C17H18Cl2N2O4S/c1-3-25-15-10-5-4-8-13(15)20-16(22)11-21(26(2,23)24)14-9-6-7-12(18)17(14)19/h4-10H,3,11H2,1-2H3,(H,20,22). The lowest BCUT2D eigenvalue weighted by molar-refractivity contribution is -0.114. The molecule has 0 aliphatic rings. The summed E-state index contributed by atoms with van der Waals surface area (Å²) in [5.41, 5.74) is 0.583. The summed E-state index contributed by atoms with van der Waals surface area (Å²) in [6.07, 6.45) is 0.992. The quantitative estimate of drug-likeness (QED) is 0.744. The molecular formula is C17H18Cl2N2O4S. The van der Waals surface area contributed by atoms with Crippen LogP contribution in [0.4, 0.5) is 11.4 Å². The first-order valence-corrected chi connectivity index (χ1v) is 10.3. The Balaban J connectivity index is 2.27. The maximum atomic E-state index is 12.4. The normalized spacial score (nSPS) is 11.1. The number of anilines is 2. The number of benzene rings is 2. The first kappa shape index (κ1) is 20.4. The summed E-state index contributed by atoms with van der Waals surface area (Å²) >= 11 is 12.1. The van der Waals surface area contributed by atoms with Crippen molar-refractivity contribution in [3.63, 3.8) is 0 Å². The molecule has 0 atom stereocenters. The van der Waals surface area contributed by atoms with Crippen LogP contribution in [0.3, 0.4) is 0 Å². The zero-order valence-corrected chi connectivity index (χ0v) is 16.5. The van der Waals surface area contributed by atoms with Crippen LogP contribution in [0.25, 0.3) is 0 Å². The van der Waals surface area contributed by atoms with Gasteiger partial charge in [-0.05, 0) is 31.2 Å². The van der Waals surface area contributed by atoms with Crippen LogP contribution in [0.15, 0.2) is 42.5 Å². The number of hydrogen-bond acceptors (Lipinski definition) is 4. The van der Waals surface area contributed by atoms with E-state index < -0.39 is 22.5 Å². The van der Waals surface area contributed by atoms with E-state index in [1.54, 1.807) is 30.3 Å². The largest absolute Gasteiger partial charge is 0.492 e. The minimum absolute atomic E-state index is 0.0575. The Morgan fingerprint density at radius 3 is 2.50 bits per heavy atom. The third-order valence-electron chi connectivity index (χ3n) is 3.35. The van der Waals surface area contributed by atoms with Crippen molar-refractivity contribution in [2.75, 3.05) is 29.0 Å². The summed E-state index contributed by atoms with van der Waals surface area (Å²) in [7, 11) is -3.77. The van der Waals surface area contributed by atoms with Crippen molar-refractivity contribution in [2.45, 2.75) is 6.92 Å². The van der Waals surface area contributed by atoms with Crippen molar-refractivity contribution in [2.24, 2.45) is 0 Å². The lowest BCUT2D eigenvalue weighted by Crippen LogP contribution is -2.37. The molecule has 26 heavy (non-hydrogen) atoms. The van der Waals surface area contributed by atoms with Gasteiger partial charge < -0.3 is 10.1 Å². The summed E-state index contributed by atoms with van der Waals surface area (Å²) < 4.78 is 30.7. The number of nitrogens with one attached hydrogen (secondary N) is 1. The van der Waals surface area contributed by atoms with Gasteiger partial charge in [0.25, 0.3) is 0 Å². The van der Waals surface area contributed by atoms with E-state index in [1.165, 1.54) is 12.1 Å². The van der Waals surface area contributed by atoms with Gasteiger partial charge in [-0.15, -0.1) is 0 Å². The first-order valence-electron chi connectivity index (χ1n) is 7.67. The molecule has 0 spiro atoms. The summed E-state index contributed by atoms with van der Waals surface area (Å²) in [5, 5.41) is 2.91. The molecule has 2 aromatic rings. The number of halogens is 2. The maximum absolute atomic E-state index is 12.4. The Bertz CT molecular complexity index is 903. The number of rotatable bonds is 7. The number of carbonyl (C=O) groups excluding carboxylic acids is 1. The number of hydrogen-bond donors (Lipinski definition) is 1. The molecule has 0 bridgehead atoms. The van der Waals surface area contributed by atoms with Crippen LogP contribution >= 0.6 is 23.2 Å². The molecule has 6 nitrogen and oxygen atoms in total. The van der Waals surface area contributed by atoms with E-state index >= 15 is 0 Å². The topological polar surface area (TPSA) is 75.7 Å². The maximum Gasteiger partial charge on any atom is 0.245 e. The fourth-order valence-corrected chi connectivity index (χ4v) is 3.55. The second kappa shape index (κ2) is 8.62. The Hall–Kier alpha value is -1.96. The van der Waals surface area contributed by atoms with Gasteiger partial charge in [0.1, 0.15) is 12.3 Å². The van der Waals surface area contributed by atoms with Crippen LogP contribution in [0, 0.1) is 0 Å². The molecule has 2 rings (SSSR count). The van der Waals surface area contributed by atoms with E-state index in [1.807, 2.05) is 6.92 Å². The molecule has 0 aliphatic carbocycles. The van der Waals surface area contributed by atoms with Crippen LogP contribution in [0.5, 0.6) is 5.75 Å². The highest BCUT2D eigenvalue weighted by molar-refractivity contribution is 7.92. The molecule has 0 radical (unpaired) electrons. The first-order chi connectivity index (χ1) is 12.2. The molecule has 0 saturated carbocycles. The van der Waals surface area contributed by atoms with Gasteiger partial charge in [-0.2, -0.15) is 0 Å². The van der Waals surface area contributed by atoms with Crippen LogP contribution in [-0.2, 0) is 14.8 Å². The summed E-state index contributed by atoms with van der Waals surface area (Å²) in [4.78, 5) is 12.4. The Morgan fingerprint density at radius 1 is 1.15 bits per heavy atom. The predicted molar refractivity (Wildman–Crippen MR) is 105 cm³/mol. The highest BCUT2D eigenvalue weighted by Crippen LogP contribution is 2.33. The fourth-order valence-electron chi connectivity index (χ4n) is 2.24. The Morgan fingerprint density at radius 2 is 1.85 bits per heavy atom.